The summed E-state index contributed by atoms with van der Waals surface area (Å²) in [5.41, 5.74) is 4.21. The lowest BCUT2D eigenvalue weighted by Gasteiger charge is -2.13. The third-order valence-electron chi connectivity index (χ3n) is 5.30. The van der Waals surface area contributed by atoms with Crippen molar-refractivity contribution in [1.29, 1.82) is 0 Å². The van der Waals surface area contributed by atoms with Crippen LogP contribution in [0.5, 0.6) is 5.75 Å². The Morgan fingerprint density at radius 2 is 1.71 bits per heavy atom. The summed E-state index contributed by atoms with van der Waals surface area (Å²) in [6, 6.07) is 17.5. The first-order valence-corrected chi connectivity index (χ1v) is 11.1. The molecule has 8 nitrogen and oxygen atoms in total. The van der Waals surface area contributed by atoms with Gasteiger partial charge in [0, 0.05) is 17.3 Å². The minimum Gasteiger partial charge on any atom is -0.494 e. The van der Waals surface area contributed by atoms with Crippen LogP contribution in [-0.4, -0.2) is 24.0 Å². The molecule has 0 fully saturated rings. The number of carbonyl (C=O) groups is 2. The van der Waals surface area contributed by atoms with Gasteiger partial charge < -0.3 is 24.2 Å². The van der Waals surface area contributed by atoms with Gasteiger partial charge in [-0.15, -0.1) is 0 Å². The Bertz CT molecular complexity index is 1390. The van der Waals surface area contributed by atoms with Crippen LogP contribution in [0.1, 0.15) is 32.2 Å². The van der Waals surface area contributed by atoms with Gasteiger partial charge in [-0.3, -0.25) is 14.9 Å². The van der Waals surface area contributed by atoms with Crippen molar-refractivity contribution >= 4 is 40.5 Å². The molecule has 2 amide bonds. The minimum atomic E-state index is -0.480. The second-order valence-corrected chi connectivity index (χ2v) is 8.13. The molecule has 35 heavy (non-hydrogen) atoms. The van der Waals surface area contributed by atoms with Crippen LogP contribution in [0.4, 0.5) is 11.4 Å². The lowest BCUT2D eigenvalue weighted by atomic mass is 10.1. The first-order valence-electron chi connectivity index (χ1n) is 10.7. The fourth-order valence-electron chi connectivity index (χ4n) is 3.30. The smallest absolute Gasteiger partial charge is 0.293 e. The summed E-state index contributed by atoms with van der Waals surface area (Å²) in [4.78, 5) is 24.8. The fraction of sp³-hybridized carbons (Fsp3) is 0.115. The van der Waals surface area contributed by atoms with Gasteiger partial charge in [-0.1, -0.05) is 12.1 Å². The Labute approximate surface area is 207 Å². The molecule has 178 valence electrons. The molecule has 0 spiro atoms. The van der Waals surface area contributed by atoms with E-state index in [1.807, 2.05) is 32.0 Å². The molecule has 4 rings (SSSR count). The number of ether oxygens (including phenoxy) is 1. The highest BCUT2D eigenvalue weighted by molar-refractivity contribution is 7.80. The Balaban J connectivity index is 1.39. The Hall–Kier alpha value is -4.37. The largest absolute Gasteiger partial charge is 0.494 e. The summed E-state index contributed by atoms with van der Waals surface area (Å²) in [6.07, 6.45) is 1.42. The van der Waals surface area contributed by atoms with Gasteiger partial charge in [-0.05, 0) is 79.7 Å². The van der Waals surface area contributed by atoms with Gasteiger partial charge in [0.2, 0.25) is 0 Å². The molecule has 0 bridgehead atoms. The zero-order valence-corrected chi connectivity index (χ0v) is 20.1. The highest BCUT2D eigenvalue weighted by Crippen LogP contribution is 2.29. The molecule has 0 saturated heterocycles. The molecule has 3 N–H and O–H groups in total. The van der Waals surface area contributed by atoms with Crippen LogP contribution in [0.25, 0.3) is 11.3 Å². The van der Waals surface area contributed by atoms with E-state index >= 15 is 0 Å². The predicted molar refractivity (Wildman–Crippen MR) is 137 cm³/mol. The maximum Gasteiger partial charge on any atom is 0.293 e. The number of benzene rings is 2. The third kappa shape index (κ3) is 5.59. The summed E-state index contributed by atoms with van der Waals surface area (Å²) in [6.45, 7) is 4.06. The molecule has 0 atom stereocenters. The Kier molecular flexibility index (Phi) is 6.98. The highest BCUT2D eigenvalue weighted by Gasteiger charge is 2.16. The average Bonchev–Trinajstić information content (AvgIpc) is 3.54. The van der Waals surface area contributed by atoms with Gasteiger partial charge in [-0.2, -0.15) is 0 Å². The molecule has 0 unspecified atom stereocenters. The normalized spacial score (nSPS) is 10.5. The minimum absolute atomic E-state index is 0.0774. The Morgan fingerprint density at radius 3 is 2.43 bits per heavy atom. The number of furan rings is 2. The molecule has 0 aliphatic rings. The van der Waals surface area contributed by atoms with Crippen molar-refractivity contribution in [3.8, 4) is 17.1 Å². The fourth-order valence-corrected chi connectivity index (χ4v) is 3.51. The molecule has 0 saturated carbocycles. The van der Waals surface area contributed by atoms with Crippen LogP contribution in [0.15, 0.2) is 75.8 Å². The zero-order valence-electron chi connectivity index (χ0n) is 19.3. The molecule has 2 aromatic heterocycles. The number of carbonyl (C=O) groups excluding carboxylic acids is 2. The van der Waals surface area contributed by atoms with Gasteiger partial charge in [0.15, 0.2) is 16.6 Å². The van der Waals surface area contributed by atoms with Gasteiger partial charge in [-0.25, -0.2) is 0 Å². The number of hydrogen-bond donors (Lipinski definition) is 3. The van der Waals surface area contributed by atoms with Crippen molar-refractivity contribution in [2.24, 2.45) is 0 Å². The van der Waals surface area contributed by atoms with E-state index in [0.29, 0.717) is 22.9 Å². The van der Waals surface area contributed by atoms with Crippen molar-refractivity contribution in [3.05, 3.63) is 89.6 Å². The molecule has 0 aliphatic heterocycles. The summed E-state index contributed by atoms with van der Waals surface area (Å²) in [5.74, 6) is 0.414. The van der Waals surface area contributed by atoms with Crippen molar-refractivity contribution in [1.82, 2.24) is 5.32 Å². The zero-order chi connectivity index (χ0) is 24.9. The van der Waals surface area contributed by atoms with Crippen LogP contribution in [-0.2, 0) is 0 Å². The van der Waals surface area contributed by atoms with E-state index in [1.54, 1.807) is 42.5 Å². The summed E-state index contributed by atoms with van der Waals surface area (Å²) in [7, 11) is 1.48. The molecule has 2 aromatic carbocycles. The van der Waals surface area contributed by atoms with Crippen LogP contribution in [0.3, 0.4) is 0 Å². The van der Waals surface area contributed by atoms with Crippen molar-refractivity contribution in [3.63, 3.8) is 0 Å². The van der Waals surface area contributed by atoms with E-state index in [1.165, 1.54) is 18.9 Å². The summed E-state index contributed by atoms with van der Waals surface area (Å²) in [5, 5.41) is 8.32. The van der Waals surface area contributed by atoms with E-state index < -0.39 is 11.8 Å². The lowest BCUT2D eigenvalue weighted by Crippen LogP contribution is -2.33. The third-order valence-corrected chi connectivity index (χ3v) is 5.50. The first kappa shape index (κ1) is 23.8. The van der Waals surface area contributed by atoms with Gasteiger partial charge in [0.25, 0.3) is 11.8 Å². The second-order valence-electron chi connectivity index (χ2n) is 7.72. The number of rotatable bonds is 6. The van der Waals surface area contributed by atoms with E-state index in [4.69, 9.17) is 25.8 Å². The number of hydrogen-bond acceptors (Lipinski definition) is 6. The van der Waals surface area contributed by atoms with E-state index in [2.05, 4.69) is 16.0 Å². The van der Waals surface area contributed by atoms with Crippen LogP contribution >= 0.6 is 12.2 Å². The quantitative estimate of drug-likeness (QED) is 0.305. The number of aryl methyl sites for hydroxylation is 2. The van der Waals surface area contributed by atoms with Crippen molar-refractivity contribution in [2.45, 2.75) is 13.8 Å². The van der Waals surface area contributed by atoms with E-state index in [-0.39, 0.29) is 16.6 Å². The second kappa shape index (κ2) is 10.3. The number of methoxy groups -OCH3 is 1. The number of anilines is 2. The van der Waals surface area contributed by atoms with E-state index in [0.717, 1.165) is 11.1 Å². The van der Waals surface area contributed by atoms with Gasteiger partial charge in [0.05, 0.1) is 19.1 Å². The SMILES string of the molecule is COc1cc(NC(=S)NC(=O)c2ccc(-c3ccc(C)c(C)c3)o2)ccc1NC(=O)c1ccco1. The molecular formula is C26H23N3O5S. The number of thiocarbonyl (C=S) groups is 1. The van der Waals surface area contributed by atoms with E-state index in [9.17, 15) is 9.59 Å². The van der Waals surface area contributed by atoms with Crippen LogP contribution in [0, 0.1) is 13.8 Å². The number of amides is 2. The molecular weight excluding hydrogens is 466 g/mol. The Morgan fingerprint density at radius 1 is 0.886 bits per heavy atom. The summed E-state index contributed by atoms with van der Waals surface area (Å²) < 4.78 is 16.2. The highest BCUT2D eigenvalue weighted by atomic mass is 32.1. The monoisotopic (exact) mass is 489 g/mol. The van der Waals surface area contributed by atoms with Crippen molar-refractivity contribution in [2.75, 3.05) is 17.7 Å². The first-order chi connectivity index (χ1) is 16.8. The van der Waals surface area contributed by atoms with Gasteiger partial charge in [0.1, 0.15) is 11.5 Å². The molecule has 0 aliphatic carbocycles. The van der Waals surface area contributed by atoms with Gasteiger partial charge >= 0.3 is 0 Å². The topological polar surface area (TPSA) is 106 Å². The molecule has 0 radical (unpaired) electrons. The predicted octanol–water partition coefficient (Wildman–Crippen LogP) is 5.54. The maximum atomic E-state index is 12.6. The average molecular weight is 490 g/mol. The molecule has 2 heterocycles. The molecule has 4 aromatic rings. The standard InChI is InChI=1S/C26H23N3O5S/c1-15-6-7-17(13-16(15)2)20-10-11-22(34-20)25(31)29-26(35)27-18-8-9-19(23(14-18)32-3)28-24(30)21-5-4-12-33-21/h4-14H,1-3H3,(H,28,30)(H2,27,29,31,35). The van der Waals surface area contributed by atoms with Crippen LogP contribution < -0.4 is 20.7 Å². The maximum absolute atomic E-state index is 12.6. The van der Waals surface area contributed by atoms with Crippen molar-refractivity contribution < 1.29 is 23.2 Å². The number of nitrogens with one attached hydrogen (secondary N) is 3. The van der Waals surface area contributed by atoms with Crippen LogP contribution in [0.2, 0.25) is 0 Å². The lowest BCUT2D eigenvalue weighted by molar-refractivity contribution is 0.0950. The molecule has 9 heteroatoms. The summed E-state index contributed by atoms with van der Waals surface area (Å²) >= 11 is 5.27.